The van der Waals surface area contributed by atoms with Gasteiger partial charge in [-0.15, -0.1) is 0 Å². The normalized spacial score (nSPS) is 11.6. The monoisotopic (exact) mass is 1360 g/mol. The van der Waals surface area contributed by atoms with Gasteiger partial charge in [-0.3, -0.25) is 19.2 Å². The highest BCUT2D eigenvalue weighted by Crippen LogP contribution is 2.48. The van der Waals surface area contributed by atoms with Crippen LogP contribution in [0.4, 0.5) is 92.2 Å². The minimum atomic E-state index is -5.24. The highest BCUT2D eigenvalue weighted by molar-refractivity contribution is 6.11. The van der Waals surface area contributed by atoms with Gasteiger partial charge < -0.3 is 18.9 Å². The lowest BCUT2D eigenvalue weighted by molar-refractivity contribution is -0.173. The maximum atomic E-state index is 15.5. The van der Waals surface area contributed by atoms with Crippen molar-refractivity contribution >= 4 is 23.1 Å². The Morgan fingerprint density at radius 2 is 0.406 bits per heavy atom. The molecule has 490 valence electrons. The van der Waals surface area contributed by atoms with Crippen molar-refractivity contribution < 1.29 is 130 Å². The van der Waals surface area contributed by atoms with E-state index in [-0.39, 0.29) is 23.0 Å². The summed E-state index contributed by atoms with van der Waals surface area (Å²) in [5.74, 6) is -54.3. The van der Waals surface area contributed by atoms with E-state index in [1.807, 2.05) is 0 Å². The molecule has 0 radical (unpaired) electrons. The lowest BCUT2D eigenvalue weighted by Gasteiger charge is -2.33. The van der Waals surface area contributed by atoms with Gasteiger partial charge >= 0.3 is 6.18 Å². The zero-order chi connectivity index (χ0) is 69.9. The SMILES string of the molecule is CC(c1ccc(Oc2c(F)c(F)c(C(=O)c3ccc(Oc4ccc(C(=O)c5c(F)c(F)c(F)c(F)c5F)cc4)cc3)c(F)c2F)cc1)(c1ccc(Oc2c(F)c(F)c(C(=O)c3ccc(Oc4ccc(C(=O)c5c(F)c(F)c(F)c(F)c5F)cc4)cc3)c(F)c2F)cc1)C(F)(F)F. The Bertz CT molecular complexity index is 4420. The number of alkyl halides is 3. The van der Waals surface area contributed by atoms with Gasteiger partial charge in [0.05, 0.1) is 0 Å². The molecule has 0 saturated carbocycles. The van der Waals surface area contributed by atoms with Crippen LogP contribution < -0.4 is 18.9 Å². The molecule has 29 heteroatoms. The van der Waals surface area contributed by atoms with Crippen molar-refractivity contribution in [2.24, 2.45) is 0 Å². The zero-order valence-electron chi connectivity index (χ0n) is 47.1. The molecule has 10 rings (SSSR count). The summed E-state index contributed by atoms with van der Waals surface area (Å²) in [5.41, 5.74) is -13.7. The van der Waals surface area contributed by atoms with Crippen LogP contribution >= 0.6 is 0 Å². The number of carbonyl (C=O) groups excluding carboxylic acids is 4. The fraction of sp³-hybridized carbons (Fsp3) is 0.0448. The lowest BCUT2D eigenvalue weighted by atomic mass is 9.75. The molecular weight excluding hydrogens is 1330 g/mol. The van der Waals surface area contributed by atoms with Crippen LogP contribution in [0.3, 0.4) is 0 Å². The van der Waals surface area contributed by atoms with E-state index in [4.69, 9.17) is 18.9 Å². The fourth-order valence-electron chi connectivity index (χ4n) is 9.40. The summed E-state index contributed by atoms with van der Waals surface area (Å²) in [6.45, 7) is 0.629. The maximum Gasteiger partial charge on any atom is 0.402 e. The second-order valence-electron chi connectivity index (χ2n) is 20.3. The summed E-state index contributed by atoms with van der Waals surface area (Å²) in [6, 6.07) is 20.8. The minimum absolute atomic E-state index is 0.132. The van der Waals surface area contributed by atoms with Crippen molar-refractivity contribution in [2.45, 2.75) is 18.5 Å². The molecule has 0 aliphatic heterocycles. The van der Waals surface area contributed by atoms with E-state index in [2.05, 4.69) is 0 Å². The first kappa shape index (κ1) is 67.5. The van der Waals surface area contributed by atoms with Crippen molar-refractivity contribution in [1.29, 1.82) is 0 Å². The smallest absolute Gasteiger partial charge is 0.402 e. The van der Waals surface area contributed by atoms with E-state index in [0.717, 1.165) is 97.1 Å². The first-order valence-electron chi connectivity index (χ1n) is 26.6. The number of benzene rings is 10. The van der Waals surface area contributed by atoms with Gasteiger partial charge in [-0.25, -0.2) is 61.5 Å². The van der Waals surface area contributed by atoms with E-state index in [0.29, 0.717) is 55.5 Å². The molecule has 0 saturated heterocycles. The highest BCUT2D eigenvalue weighted by atomic mass is 19.4. The first-order valence-corrected chi connectivity index (χ1v) is 26.6. The average Bonchev–Trinajstić information content (AvgIpc) is 0.773. The van der Waals surface area contributed by atoms with Crippen molar-refractivity contribution in [1.82, 2.24) is 0 Å². The third-order valence-corrected chi connectivity index (χ3v) is 14.6. The van der Waals surface area contributed by atoms with Gasteiger partial charge in [0.1, 0.15) is 62.2 Å². The molecule has 10 aromatic rings. The van der Waals surface area contributed by atoms with Crippen LogP contribution in [-0.4, -0.2) is 29.3 Å². The Morgan fingerprint density at radius 1 is 0.240 bits per heavy atom. The number of ketones is 4. The standard InChI is InChI=1S/C67H27F21O8/c1-66(67(86,87)88,30-10-22-36(23-11-30)95-64-56(82)46(72)40(47(73)57(64)83)62(91)28-6-18-34(19-7-28)93-32-14-2-26(3-15-32)60(89)38-42(68)50(76)54(80)51(77)43(38)69)31-12-24-37(25-13-31)96-65-58(84)48(74)41(49(75)59(65)85)63(92)29-8-20-35(21-9-29)94-33-16-4-27(5-17-33)61(90)39-44(70)52(78)55(81)53(79)45(39)71/h2-25H,1H3. The van der Waals surface area contributed by atoms with Gasteiger partial charge in [0.15, 0.2) is 92.9 Å². The predicted molar refractivity (Wildman–Crippen MR) is 290 cm³/mol. The van der Waals surface area contributed by atoms with Gasteiger partial charge in [0.2, 0.25) is 46.4 Å². The number of hydrogen-bond donors (Lipinski definition) is 0. The first-order chi connectivity index (χ1) is 45.3. The van der Waals surface area contributed by atoms with E-state index in [1.165, 1.54) is 0 Å². The lowest BCUT2D eigenvalue weighted by Crippen LogP contribution is -2.40. The molecule has 0 atom stereocenters. The topological polar surface area (TPSA) is 105 Å². The summed E-state index contributed by atoms with van der Waals surface area (Å²) in [7, 11) is 0. The molecule has 0 spiro atoms. The van der Waals surface area contributed by atoms with Crippen LogP contribution in [0.15, 0.2) is 146 Å². The summed E-state index contributed by atoms with van der Waals surface area (Å²) in [5, 5.41) is 0. The molecule has 8 nitrogen and oxygen atoms in total. The third kappa shape index (κ3) is 12.1. The number of ether oxygens (including phenoxy) is 4. The Morgan fingerprint density at radius 3 is 0.604 bits per heavy atom. The highest BCUT2D eigenvalue weighted by Gasteiger charge is 2.53. The summed E-state index contributed by atoms with van der Waals surface area (Å²) >= 11 is 0. The summed E-state index contributed by atoms with van der Waals surface area (Å²) in [6.07, 6.45) is -5.24. The van der Waals surface area contributed by atoms with Gasteiger partial charge in [0.25, 0.3) is 0 Å². The minimum Gasteiger partial charge on any atom is -0.457 e. The molecule has 0 bridgehead atoms. The molecule has 0 unspecified atom stereocenters. The van der Waals surface area contributed by atoms with Crippen LogP contribution in [0.25, 0.3) is 0 Å². The Kier molecular flexibility index (Phi) is 18.2. The summed E-state index contributed by atoms with van der Waals surface area (Å²) in [4.78, 5) is 51.8. The molecule has 0 aliphatic carbocycles. The molecule has 0 heterocycles. The molecule has 10 aromatic carbocycles. The van der Waals surface area contributed by atoms with Crippen molar-refractivity contribution in [3.05, 3.63) is 306 Å². The quantitative estimate of drug-likeness (QED) is 0.0362. The van der Waals surface area contributed by atoms with Gasteiger partial charge in [0, 0.05) is 22.3 Å². The molecule has 0 fully saturated rings. The zero-order valence-corrected chi connectivity index (χ0v) is 47.1. The Labute approximate surface area is 522 Å². The van der Waals surface area contributed by atoms with Gasteiger partial charge in [-0.2, -0.15) is 30.7 Å². The van der Waals surface area contributed by atoms with E-state index < -0.39 is 218 Å². The maximum absolute atomic E-state index is 15.5. The Hall–Kier alpha value is -11.4. The summed E-state index contributed by atoms with van der Waals surface area (Å²) < 4.78 is 329. The van der Waals surface area contributed by atoms with Crippen LogP contribution in [-0.2, 0) is 5.41 Å². The van der Waals surface area contributed by atoms with Crippen LogP contribution in [0.5, 0.6) is 46.0 Å². The number of carbonyl (C=O) groups is 4. The average molecular weight is 1360 g/mol. The number of rotatable bonds is 18. The predicted octanol–water partition coefficient (Wildman–Crippen LogP) is 19.2. The number of halogens is 21. The fourth-order valence-corrected chi connectivity index (χ4v) is 9.40. The second kappa shape index (κ2) is 25.8. The van der Waals surface area contributed by atoms with Gasteiger partial charge in [-0.1, -0.05) is 24.3 Å². The molecule has 96 heavy (non-hydrogen) atoms. The van der Waals surface area contributed by atoms with Crippen LogP contribution in [0.1, 0.15) is 81.7 Å². The molecule has 0 amide bonds. The molecular formula is C67H27F21O8. The molecule has 0 aromatic heterocycles. The largest absolute Gasteiger partial charge is 0.457 e. The van der Waals surface area contributed by atoms with Gasteiger partial charge in [-0.05, 0) is 139 Å². The van der Waals surface area contributed by atoms with Crippen molar-refractivity contribution in [2.75, 3.05) is 0 Å². The molecule has 0 N–H and O–H groups in total. The van der Waals surface area contributed by atoms with Crippen LogP contribution in [0, 0.1) is 105 Å². The van der Waals surface area contributed by atoms with Crippen molar-refractivity contribution in [3.63, 3.8) is 0 Å². The third-order valence-electron chi connectivity index (χ3n) is 14.6. The van der Waals surface area contributed by atoms with Crippen LogP contribution in [0.2, 0.25) is 0 Å². The number of hydrogen-bond acceptors (Lipinski definition) is 8. The molecule has 0 aliphatic rings. The van der Waals surface area contributed by atoms with E-state index in [1.54, 1.807) is 0 Å². The van der Waals surface area contributed by atoms with E-state index >= 15 is 48.3 Å². The second-order valence-corrected chi connectivity index (χ2v) is 20.3. The van der Waals surface area contributed by atoms with E-state index in [9.17, 15) is 63.1 Å². The Balaban J connectivity index is 0.787. The van der Waals surface area contributed by atoms with Crippen molar-refractivity contribution in [3.8, 4) is 46.0 Å².